The molecule has 0 saturated carbocycles. The maximum atomic E-state index is 12.3. The summed E-state index contributed by atoms with van der Waals surface area (Å²) in [6.45, 7) is 9.07. The number of hydrogen-bond acceptors (Lipinski definition) is 6. The largest absolute Gasteiger partial charge is 0.497 e. The molecule has 1 saturated heterocycles. The minimum Gasteiger partial charge on any atom is -0.497 e. The van der Waals surface area contributed by atoms with E-state index in [0.29, 0.717) is 31.0 Å². The fourth-order valence-corrected chi connectivity index (χ4v) is 3.35. The zero-order valence-corrected chi connectivity index (χ0v) is 17.0. The van der Waals surface area contributed by atoms with Gasteiger partial charge in [0.2, 0.25) is 0 Å². The molecule has 1 aliphatic heterocycles. The van der Waals surface area contributed by atoms with Crippen LogP contribution >= 0.6 is 0 Å². The monoisotopic (exact) mass is 388 g/mol. The molecule has 0 spiro atoms. The summed E-state index contributed by atoms with van der Waals surface area (Å²) < 4.78 is 16.0. The van der Waals surface area contributed by atoms with Gasteiger partial charge in [0.15, 0.2) is 0 Å². The van der Waals surface area contributed by atoms with Crippen molar-refractivity contribution in [1.82, 2.24) is 9.80 Å². The van der Waals surface area contributed by atoms with Gasteiger partial charge >= 0.3 is 11.7 Å². The van der Waals surface area contributed by atoms with Gasteiger partial charge in [-0.15, -0.1) is 0 Å². The molecular weight excluding hydrogens is 360 g/mol. The van der Waals surface area contributed by atoms with Crippen molar-refractivity contribution in [3.8, 4) is 5.75 Å². The lowest BCUT2D eigenvalue weighted by Crippen LogP contribution is -2.39. The standard InChI is InChI=1S/C21H28N2O5/c1-21(2,3)28-20(25)23-9-5-8-22(10-11-23)14-15-12-19(24)27-18-13-16(26-4)6-7-17(15)18/h6-7,12-13H,5,8-11,14H2,1-4H3. The van der Waals surface area contributed by atoms with Gasteiger partial charge < -0.3 is 18.8 Å². The van der Waals surface area contributed by atoms with Crippen LogP contribution in [-0.4, -0.2) is 54.8 Å². The summed E-state index contributed by atoms with van der Waals surface area (Å²) >= 11 is 0. The van der Waals surface area contributed by atoms with Crippen molar-refractivity contribution in [1.29, 1.82) is 0 Å². The number of nitrogens with zero attached hydrogens (tertiary/aromatic N) is 2. The van der Waals surface area contributed by atoms with E-state index in [2.05, 4.69) is 4.90 Å². The van der Waals surface area contributed by atoms with Crippen molar-refractivity contribution < 1.29 is 18.7 Å². The molecule has 2 heterocycles. The third-order valence-electron chi connectivity index (χ3n) is 4.67. The fraction of sp³-hybridized carbons (Fsp3) is 0.524. The van der Waals surface area contributed by atoms with Crippen LogP contribution in [-0.2, 0) is 11.3 Å². The van der Waals surface area contributed by atoms with Crippen LogP contribution in [0.1, 0.15) is 32.8 Å². The zero-order valence-electron chi connectivity index (χ0n) is 17.0. The number of carbonyl (C=O) groups excluding carboxylic acids is 1. The molecule has 0 N–H and O–H groups in total. The predicted molar refractivity (Wildman–Crippen MR) is 107 cm³/mol. The van der Waals surface area contributed by atoms with Crippen LogP contribution in [0.3, 0.4) is 0 Å². The highest BCUT2D eigenvalue weighted by Crippen LogP contribution is 2.24. The minimum absolute atomic E-state index is 0.271. The molecule has 0 unspecified atom stereocenters. The molecule has 1 fully saturated rings. The SMILES string of the molecule is COc1ccc2c(CN3CCCN(C(=O)OC(C)(C)C)CC3)cc(=O)oc2c1. The van der Waals surface area contributed by atoms with E-state index >= 15 is 0 Å². The van der Waals surface area contributed by atoms with Crippen molar-refractivity contribution in [2.24, 2.45) is 0 Å². The molecule has 1 aliphatic rings. The maximum absolute atomic E-state index is 12.3. The Morgan fingerprint density at radius 1 is 1.14 bits per heavy atom. The number of benzene rings is 1. The highest BCUT2D eigenvalue weighted by molar-refractivity contribution is 5.81. The second-order valence-electron chi connectivity index (χ2n) is 8.05. The summed E-state index contributed by atoms with van der Waals surface area (Å²) in [5.41, 5.74) is 0.564. The summed E-state index contributed by atoms with van der Waals surface area (Å²) in [4.78, 5) is 28.3. The van der Waals surface area contributed by atoms with E-state index in [0.717, 1.165) is 30.5 Å². The average molecular weight is 388 g/mol. The quantitative estimate of drug-likeness (QED) is 0.752. The topological polar surface area (TPSA) is 72.2 Å². The van der Waals surface area contributed by atoms with Gasteiger partial charge in [-0.05, 0) is 44.9 Å². The van der Waals surface area contributed by atoms with Crippen molar-refractivity contribution in [2.45, 2.75) is 39.3 Å². The van der Waals surface area contributed by atoms with Gasteiger partial charge in [-0.3, -0.25) is 4.90 Å². The second-order valence-corrected chi connectivity index (χ2v) is 8.05. The van der Waals surface area contributed by atoms with Gasteiger partial charge in [0.1, 0.15) is 16.9 Å². The van der Waals surface area contributed by atoms with Crippen LogP contribution in [0.4, 0.5) is 4.79 Å². The highest BCUT2D eigenvalue weighted by Gasteiger charge is 2.24. The van der Waals surface area contributed by atoms with Gasteiger partial charge in [0.25, 0.3) is 0 Å². The second kappa shape index (κ2) is 8.22. The van der Waals surface area contributed by atoms with E-state index < -0.39 is 5.60 Å². The lowest BCUT2D eigenvalue weighted by molar-refractivity contribution is 0.0257. The Bertz CT molecular complexity index is 900. The first-order chi connectivity index (χ1) is 13.2. The molecule has 1 aromatic heterocycles. The number of methoxy groups -OCH3 is 1. The van der Waals surface area contributed by atoms with E-state index in [1.807, 2.05) is 32.9 Å². The first-order valence-electron chi connectivity index (χ1n) is 9.56. The lowest BCUT2D eigenvalue weighted by Gasteiger charge is -2.26. The molecule has 1 aromatic carbocycles. The zero-order chi connectivity index (χ0) is 20.3. The van der Waals surface area contributed by atoms with Crippen LogP contribution in [0.25, 0.3) is 11.0 Å². The average Bonchev–Trinajstić information content (AvgIpc) is 2.85. The normalized spacial score (nSPS) is 16.1. The van der Waals surface area contributed by atoms with Crippen molar-refractivity contribution in [3.63, 3.8) is 0 Å². The van der Waals surface area contributed by atoms with Crippen LogP contribution in [0, 0.1) is 0 Å². The molecule has 2 aromatic rings. The van der Waals surface area contributed by atoms with Crippen molar-refractivity contribution in [2.75, 3.05) is 33.3 Å². The summed E-state index contributed by atoms with van der Waals surface area (Å²) in [6, 6.07) is 7.05. The molecule has 0 atom stereocenters. The molecule has 0 aliphatic carbocycles. The van der Waals surface area contributed by atoms with Crippen LogP contribution in [0.2, 0.25) is 0 Å². The number of fused-ring (bicyclic) bond motifs is 1. The highest BCUT2D eigenvalue weighted by atomic mass is 16.6. The van der Waals surface area contributed by atoms with E-state index in [-0.39, 0.29) is 11.7 Å². The molecule has 7 heteroatoms. The van der Waals surface area contributed by atoms with Gasteiger partial charge in [0.05, 0.1) is 7.11 Å². The van der Waals surface area contributed by atoms with Gasteiger partial charge in [0, 0.05) is 50.2 Å². The summed E-state index contributed by atoms with van der Waals surface area (Å²) in [5, 5.41) is 0.897. The summed E-state index contributed by atoms with van der Waals surface area (Å²) in [6.07, 6.45) is 0.583. The van der Waals surface area contributed by atoms with E-state index in [1.165, 1.54) is 0 Å². The molecule has 0 radical (unpaired) electrons. The van der Waals surface area contributed by atoms with Crippen molar-refractivity contribution in [3.05, 3.63) is 40.2 Å². The first-order valence-corrected chi connectivity index (χ1v) is 9.56. The van der Waals surface area contributed by atoms with Gasteiger partial charge in [-0.25, -0.2) is 9.59 Å². The number of amides is 1. The number of rotatable bonds is 3. The third kappa shape index (κ3) is 5.04. The van der Waals surface area contributed by atoms with Crippen LogP contribution in [0.15, 0.2) is 33.5 Å². The van der Waals surface area contributed by atoms with Crippen LogP contribution < -0.4 is 10.4 Å². The Morgan fingerprint density at radius 3 is 2.64 bits per heavy atom. The fourth-order valence-electron chi connectivity index (χ4n) is 3.35. The Kier molecular flexibility index (Phi) is 5.93. The van der Waals surface area contributed by atoms with Crippen molar-refractivity contribution >= 4 is 17.1 Å². The van der Waals surface area contributed by atoms with E-state index in [1.54, 1.807) is 24.1 Å². The lowest BCUT2D eigenvalue weighted by atomic mass is 10.1. The Morgan fingerprint density at radius 2 is 1.93 bits per heavy atom. The van der Waals surface area contributed by atoms with Gasteiger partial charge in [-0.2, -0.15) is 0 Å². The molecule has 1 amide bonds. The summed E-state index contributed by atoms with van der Waals surface area (Å²) in [5.74, 6) is 0.649. The number of hydrogen-bond donors (Lipinski definition) is 0. The van der Waals surface area contributed by atoms with E-state index in [4.69, 9.17) is 13.9 Å². The third-order valence-corrected chi connectivity index (χ3v) is 4.67. The van der Waals surface area contributed by atoms with Gasteiger partial charge in [-0.1, -0.05) is 0 Å². The predicted octanol–water partition coefficient (Wildman–Crippen LogP) is 3.24. The van der Waals surface area contributed by atoms with E-state index in [9.17, 15) is 9.59 Å². The number of ether oxygens (including phenoxy) is 2. The minimum atomic E-state index is -0.499. The summed E-state index contributed by atoms with van der Waals surface area (Å²) in [7, 11) is 1.58. The smallest absolute Gasteiger partial charge is 0.410 e. The first kappa shape index (κ1) is 20.2. The molecule has 0 bridgehead atoms. The molecule has 152 valence electrons. The molecule has 28 heavy (non-hydrogen) atoms. The molecule has 3 rings (SSSR count). The molecular formula is C21H28N2O5. The maximum Gasteiger partial charge on any atom is 0.410 e. The molecule has 7 nitrogen and oxygen atoms in total. The Hall–Kier alpha value is -2.54. The Balaban J connectivity index is 1.72. The number of carbonyl (C=O) groups is 1. The Labute approximate surface area is 164 Å². The van der Waals surface area contributed by atoms with Crippen LogP contribution in [0.5, 0.6) is 5.75 Å².